The molecule has 8 heteroatoms. The van der Waals surface area contributed by atoms with E-state index in [4.69, 9.17) is 25.8 Å². The van der Waals surface area contributed by atoms with Crippen LogP contribution in [0.15, 0.2) is 36.4 Å². The maximum absolute atomic E-state index is 12.8. The number of carbonyl (C=O) groups is 2. The molecule has 2 N–H and O–H groups in total. The normalized spacial score (nSPS) is 11.6. The highest BCUT2D eigenvalue weighted by Gasteiger charge is 2.25. The first-order valence-corrected chi connectivity index (χ1v) is 11.0. The Morgan fingerprint density at radius 1 is 1.03 bits per heavy atom. The van der Waals surface area contributed by atoms with Gasteiger partial charge in [0.25, 0.3) is 5.91 Å². The first-order valence-electron chi connectivity index (χ1n) is 10.6. The summed E-state index contributed by atoms with van der Waals surface area (Å²) in [6.07, 6.45) is 0. The van der Waals surface area contributed by atoms with Crippen LogP contribution in [0.5, 0.6) is 17.2 Å². The Morgan fingerprint density at radius 3 is 2.25 bits per heavy atom. The van der Waals surface area contributed by atoms with E-state index in [9.17, 15) is 9.59 Å². The van der Waals surface area contributed by atoms with Gasteiger partial charge in [-0.15, -0.1) is 0 Å². The number of nitrogens with one attached hydrogen (secondary N) is 2. The Kier molecular flexibility index (Phi) is 9.65. The lowest BCUT2D eigenvalue weighted by Crippen LogP contribution is -2.49. The Labute approximate surface area is 194 Å². The average molecular weight is 463 g/mol. The van der Waals surface area contributed by atoms with Crippen molar-refractivity contribution in [1.29, 1.82) is 0 Å². The zero-order valence-electron chi connectivity index (χ0n) is 19.2. The Hall–Kier alpha value is -2.93. The van der Waals surface area contributed by atoms with E-state index in [2.05, 4.69) is 10.6 Å². The van der Waals surface area contributed by atoms with Crippen molar-refractivity contribution in [1.82, 2.24) is 10.6 Å². The average Bonchev–Trinajstić information content (AvgIpc) is 2.77. The molecule has 0 saturated carbocycles. The molecule has 2 amide bonds. The van der Waals surface area contributed by atoms with Crippen molar-refractivity contribution in [3.8, 4) is 17.2 Å². The summed E-state index contributed by atoms with van der Waals surface area (Å²) < 4.78 is 16.3. The van der Waals surface area contributed by atoms with Crippen molar-refractivity contribution < 1.29 is 23.8 Å². The van der Waals surface area contributed by atoms with E-state index in [0.717, 1.165) is 5.56 Å². The molecule has 0 radical (unpaired) electrons. The van der Waals surface area contributed by atoms with Crippen molar-refractivity contribution in [2.45, 2.75) is 40.3 Å². The number of halogens is 1. The summed E-state index contributed by atoms with van der Waals surface area (Å²) >= 11 is 6.30. The second kappa shape index (κ2) is 12.2. The fraction of sp³-hybridized carbons (Fsp3) is 0.417. The summed E-state index contributed by atoms with van der Waals surface area (Å²) in [6.45, 7) is 8.73. The van der Waals surface area contributed by atoms with Crippen molar-refractivity contribution in [2.75, 3.05) is 20.3 Å². The molecule has 0 bridgehead atoms. The molecule has 0 aliphatic heterocycles. The maximum atomic E-state index is 12.8. The molecule has 1 atom stereocenters. The molecular formula is C24H31ClN2O5. The molecule has 0 aliphatic rings. The van der Waals surface area contributed by atoms with Gasteiger partial charge in [-0.3, -0.25) is 9.59 Å². The molecule has 2 aromatic rings. The van der Waals surface area contributed by atoms with Gasteiger partial charge in [0.15, 0.2) is 11.5 Å². The first kappa shape index (κ1) is 25.3. The lowest BCUT2D eigenvalue weighted by Gasteiger charge is -2.22. The monoisotopic (exact) mass is 462 g/mol. The second-order valence-electron chi connectivity index (χ2n) is 7.41. The Balaban J connectivity index is 2.05. The third-order valence-corrected chi connectivity index (χ3v) is 4.99. The number of carbonyl (C=O) groups excluding carboxylic acids is 2. The van der Waals surface area contributed by atoms with Crippen LogP contribution in [0.4, 0.5) is 0 Å². The van der Waals surface area contributed by atoms with Crippen LogP contribution in [-0.2, 0) is 11.3 Å². The van der Waals surface area contributed by atoms with Gasteiger partial charge in [-0.25, -0.2) is 0 Å². The standard InChI is InChI=1S/C24H31ClN2O5/c1-6-31-18-10-8-17(9-11-18)23(28)27-21(15(3)4)24(29)26-14-16-12-19(25)22(32-7-2)20(13-16)30-5/h8-13,15,21H,6-7,14H2,1-5H3,(H,26,29)(H,27,28). The van der Waals surface area contributed by atoms with Gasteiger partial charge in [-0.05, 0) is 61.7 Å². The molecule has 32 heavy (non-hydrogen) atoms. The Morgan fingerprint density at radius 2 is 1.69 bits per heavy atom. The predicted octanol–water partition coefficient (Wildman–Crippen LogP) is 4.22. The summed E-state index contributed by atoms with van der Waals surface area (Å²) in [5.74, 6) is 0.921. The summed E-state index contributed by atoms with van der Waals surface area (Å²) in [4.78, 5) is 25.5. The van der Waals surface area contributed by atoms with E-state index in [0.29, 0.717) is 41.0 Å². The van der Waals surface area contributed by atoms with E-state index >= 15 is 0 Å². The summed E-state index contributed by atoms with van der Waals surface area (Å²) in [6, 6.07) is 9.58. The van der Waals surface area contributed by atoms with Crippen molar-refractivity contribution >= 4 is 23.4 Å². The number of ether oxygens (including phenoxy) is 3. The van der Waals surface area contributed by atoms with Gasteiger partial charge >= 0.3 is 0 Å². The lowest BCUT2D eigenvalue weighted by atomic mass is 10.0. The zero-order chi connectivity index (χ0) is 23.7. The Bertz CT molecular complexity index is 915. The van der Waals surface area contributed by atoms with Crippen molar-refractivity contribution in [3.05, 3.63) is 52.5 Å². The molecule has 0 heterocycles. The van der Waals surface area contributed by atoms with Crippen LogP contribution < -0.4 is 24.8 Å². The predicted molar refractivity (Wildman–Crippen MR) is 125 cm³/mol. The molecule has 174 valence electrons. The van der Waals surface area contributed by atoms with Crippen LogP contribution in [0.3, 0.4) is 0 Å². The van der Waals surface area contributed by atoms with E-state index in [1.165, 1.54) is 7.11 Å². The summed E-state index contributed by atoms with van der Waals surface area (Å²) in [5.41, 5.74) is 1.21. The molecule has 2 rings (SSSR count). The van der Waals surface area contributed by atoms with E-state index in [1.807, 2.05) is 27.7 Å². The highest BCUT2D eigenvalue weighted by Crippen LogP contribution is 2.36. The molecule has 7 nitrogen and oxygen atoms in total. The molecule has 0 saturated heterocycles. The highest BCUT2D eigenvalue weighted by atomic mass is 35.5. The van der Waals surface area contributed by atoms with Gasteiger partial charge in [0.2, 0.25) is 5.91 Å². The number of hydrogen-bond acceptors (Lipinski definition) is 5. The van der Waals surface area contributed by atoms with Gasteiger partial charge in [-0.2, -0.15) is 0 Å². The summed E-state index contributed by atoms with van der Waals surface area (Å²) in [5, 5.41) is 6.08. The van der Waals surface area contributed by atoms with Crippen molar-refractivity contribution in [3.63, 3.8) is 0 Å². The zero-order valence-corrected chi connectivity index (χ0v) is 19.9. The van der Waals surface area contributed by atoms with E-state index < -0.39 is 6.04 Å². The van der Waals surface area contributed by atoms with Crippen LogP contribution >= 0.6 is 11.6 Å². The highest BCUT2D eigenvalue weighted by molar-refractivity contribution is 6.32. The largest absolute Gasteiger partial charge is 0.494 e. The smallest absolute Gasteiger partial charge is 0.251 e. The third kappa shape index (κ3) is 6.79. The number of amides is 2. The molecule has 0 aliphatic carbocycles. The first-order chi connectivity index (χ1) is 15.3. The van der Waals surface area contributed by atoms with Gasteiger partial charge in [0.1, 0.15) is 11.8 Å². The number of benzene rings is 2. The van der Waals surface area contributed by atoms with Crippen LogP contribution in [0, 0.1) is 5.92 Å². The number of rotatable bonds is 11. The molecule has 2 aromatic carbocycles. The van der Waals surface area contributed by atoms with Crippen LogP contribution in [0.1, 0.15) is 43.6 Å². The SMILES string of the molecule is CCOc1ccc(C(=O)NC(C(=O)NCc2cc(Cl)c(OCC)c(OC)c2)C(C)C)cc1. The molecule has 1 unspecified atom stereocenters. The minimum Gasteiger partial charge on any atom is -0.494 e. The third-order valence-electron chi connectivity index (χ3n) is 4.71. The van der Waals surface area contributed by atoms with E-state index in [-0.39, 0.29) is 24.3 Å². The van der Waals surface area contributed by atoms with Gasteiger partial charge < -0.3 is 24.8 Å². The molecule has 0 spiro atoms. The van der Waals surface area contributed by atoms with E-state index in [1.54, 1.807) is 36.4 Å². The maximum Gasteiger partial charge on any atom is 0.251 e. The van der Waals surface area contributed by atoms with Gasteiger partial charge in [0.05, 0.1) is 25.3 Å². The van der Waals surface area contributed by atoms with Gasteiger partial charge in [0, 0.05) is 12.1 Å². The van der Waals surface area contributed by atoms with Crippen LogP contribution in [-0.4, -0.2) is 38.2 Å². The van der Waals surface area contributed by atoms with Gasteiger partial charge in [-0.1, -0.05) is 25.4 Å². The quantitative estimate of drug-likeness (QED) is 0.522. The van der Waals surface area contributed by atoms with Crippen LogP contribution in [0.2, 0.25) is 5.02 Å². The second-order valence-corrected chi connectivity index (χ2v) is 7.82. The molecule has 0 fully saturated rings. The fourth-order valence-corrected chi connectivity index (χ4v) is 3.38. The number of hydrogen-bond donors (Lipinski definition) is 2. The van der Waals surface area contributed by atoms with Crippen LogP contribution in [0.25, 0.3) is 0 Å². The summed E-state index contributed by atoms with van der Waals surface area (Å²) in [7, 11) is 1.53. The number of methoxy groups -OCH3 is 1. The lowest BCUT2D eigenvalue weighted by molar-refractivity contribution is -0.124. The molecule has 0 aromatic heterocycles. The fourth-order valence-electron chi connectivity index (χ4n) is 3.09. The minimum atomic E-state index is -0.700. The molecular weight excluding hydrogens is 432 g/mol. The topological polar surface area (TPSA) is 85.9 Å². The minimum absolute atomic E-state index is 0.111. The van der Waals surface area contributed by atoms with Crippen molar-refractivity contribution in [2.24, 2.45) is 5.92 Å².